The minimum Gasteiger partial charge on any atom is -0.468 e. The molecule has 2 N–H and O–H groups in total. The van der Waals surface area contributed by atoms with Crippen LogP contribution in [0.15, 0.2) is 82.4 Å². The van der Waals surface area contributed by atoms with Crippen LogP contribution < -0.4 is 10.0 Å². The van der Waals surface area contributed by atoms with Gasteiger partial charge in [0.25, 0.3) is 5.91 Å². The normalized spacial score (nSPS) is 11.6. The highest BCUT2D eigenvalue weighted by Crippen LogP contribution is 2.22. The van der Waals surface area contributed by atoms with Crippen LogP contribution in [-0.2, 0) is 23.6 Å². The standard InChI is InChI=1S/C21H19N3O4S/c1-24-14-19(18-6-2-3-7-20(18)24)21(25)23-15-8-10-17(11-9-15)29(26,27)22-13-16-5-4-12-28-16/h2-12,14,22H,13H2,1H3,(H,23,25). The van der Waals surface area contributed by atoms with E-state index in [2.05, 4.69) is 10.0 Å². The number of para-hydroxylation sites is 1. The maximum absolute atomic E-state index is 12.7. The van der Waals surface area contributed by atoms with Crippen molar-refractivity contribution in [3.63, 3.8) is 0 Å². The van der Waals surface area contributed by atoms with E-state index in [4.69, 9.17) is 4.42 Å². The monoisotopic (exact) mass is 409 g/mol. The number of sulfonamides is 1. The third-order valence-electron chi connectivity index (χ3n) is 4.58. The summed E-state index contributed by atoms with van der Waals surface area (Å²) in [6.45, 7) is 0.0644. The fraction of sp³-hybridized carbons (Fsp3) is 0.0952. The Morgan fingerprint density at radius 2 is 1.79 bits per heavy atom. The molecular formula is C21H19N3O4S. The highest BCUT2D eigenvalue weighted by Gasteiger charge is 2.16. The van der Waals surface area contributed by atoms with Gasteiger partial charge in [-0.3, -0.25) is 4.79 Å². The van der Waals surface area contributed by atoms with Crippen molar-refractivity contribution < 1.29 is 17.6 Å². The van der Waals surface area contributed by atoms with Crippen molar-refractivity contribution in [1.29, 1.82) is 0 Å². The molecule has 0 spiro atoms. The SMILES string of the molecule is Cn1cc(C(=O)Nc2ccc(S(=O)(=O)NCc3ccco3)cc2)c2ccccc21. The summed E-state index contributed by atoms with van der Waals surface area (Å²) < 4.78 is 34.3. The molecule has 2 heterocycles. The molecule has 0 unspecified atom stereocenters. The third-order valence-corrected chi connectivity index (χ3v) is 6.00. The topological polar surface area (TPSA) is 93.3 Å². The summed E-state index contributed by atoms with van der Waals surface area (Å²) in [6, 6.07) is 17.0. The molecule has 7 nitrogen and oxygen atoms in total. The number of anilines is 1. The number of carbonyl (C=O) groups excluding carboxylic acids is 1. The van der Waals surface area contributed by atoms with Crippen LogP contribution in [0.4, 0.5) is 5.69 Å². The number of fused-ring (bicyclic) bond motifs is 1. The van der Waals surface area contributed by atoms with Gasteiger partial charge in [-0.2, -0.15) is 0 Å². The number of furan rings is 1. The largest absolute Gasteiger partial charge is 0.468 e. The molecule has 4 aromatic rings. The zero-order chi connectivity index (χ0) is 20.4. The van der Waals surface area contributed by atoms with Gasteiger partial charge in [-0.15, -0.1) is 0 Å². The van der Waals surface area contributed by atoms with Gasteiger partial charge < -0.3 is 14.3 Å². The molecule has 1 amide bonds. The first kappa shape index (κ1) is 19.0. The molecule has 0 aliphatic carbocycles. The second-order valence-corrected chi connectivity index (χ2v) is 8.32. The van der Waals surface area contributed by atoms with Crippen molar-refractivity contribution >= 4 is 32.5 Å². The second kappa shape index (κ2) is 7.57. The molecule has 0 fully saturated rings. The summed E-state index contributed by atoms with van der Waals surface area (Å²) in [6.07, 6.45) is 3.26. The number of amides is 1. The predicted octanol–water partition coefficient (Wildman–Crippen LogP) is 3.50. The molecule has 0 bridgehead atoms. The zero-order valence-electron chi connectivity index (χ0n) is 15.6. The average molecular weight is 409 g/mol. The Hall–Kier alpha value is -3.36. The van der Waals surface area contributed by atoms with Gasteiger partial charge in [-0.25, -0.2) is 13.1 Å². The quantitative estimate of drug-likeness (QED) is 0.510. The van der Waals surface area contributed by atoms with E-state index >= 15 is 0 Å². The van der Waals surface area contributed by atoms with Crippen LogP contribution in [0, 0.1) is 0 Å². The molecule has 0 aliphatic rings. The summed E-state index contributed by atoms with van der Waals surface area (Å²) in [4.78, 5) is 12.8. The molecule has 148 valence electrons. The number of benzene rings is 2. The van der Waals surface area contributed by atoms with Gasteiger partial charge in [0.15, 0.2) is 0 Å². The van der Waals surface area contributed by atoms with Crippen molar-refractivity contribution in [1.82, 2.24) is 9.29 Å². The minimum absolute atomic E-state index is 0.0644. The van der Waals surface area contributed by atoms with E-state index in [9.17, 15) is 13.2 Å². The van der Waals surface area contributed by atoms with Crippen LogP contribution in [-0.4, -0.2) is 18.9 Å². The van der Waals surface area contributed by atoms with Crippen LogP contribution in [0.1, 0.15) is 16.1 Å². The average Bonchev–Trinajstić information content (AvgIpc) is 3.35. The summed E-state index contributed by atoms with van der Waals surface area (Å²) in [5, 5.41) is 3.67. The van der Waals surface area contributed by atoms with Crippen LogP contribution in [0.5, 0.6) is 0 Å². The maximum atomic E-state index is 12.7. The van der Waals surface area contributed by atoms with E-state index in [1.165, 1.54) is 18.4 Å². The predicted molar refractivity (Wildman–Crippen MR) is 110 cm³/mol. The van der Waals surface area contributed by atoms with E-state index in [0.29, 0.717) is 17.0 Å². The van der Waals surface area contributed by atoms with E-state index < -0.39 is 10.0 Å². The Labute approximate surface area is 168 Å². The lowest BCUT2D eigenvalue weighted by atomic mass is 10.1. The van der Waals surface area contributed by atoms with Crippen molar-refractivity contribution in [2.45, 2.75) is 11.4 Å². The summed E-state index contributed by atoms with van der Waals surface area (Å²) >= 11 is 0. The first-order chi connectivity index (χ1) is 13.9. The van der Waals surface area contributed by atoms with Crippen molar-refractivity contribution in [2.24, 2.45) is 7.05 Å². The molecule has 29 heavy (non-hydrogen) atoms. The molecule has 2 aromatic heterocycles. The number of hydrogen-bond donors (Lipinski definition) is 2. The van der Waals surface area contributed by atoms with Gasteiger partial charge in [0.05, 0.1) is 23.3 Å². The number of nitrogens with zero attached hydrogens (tertiary/aromatic N) is 1. The van der Waals surface area contributed by atoms with Crippen LogP contribution in [0.3, 0.4) is 0 Å². The Morgan fingerprint density at radius 1 is 1.03 bits per heavy atom. The van der Waals surface area contributed by atoms with E-state index in [1.807, 2.05) is 35.9 Å². The Balaban J connectivity index is 1.48. The lowest BCUT2D eigenvalue weighted by Gasteiger charge is -2.08. The number of aryl methyl sites for hydroxylation is 1. The number of aromatic nitrogens is 1. The molecule has 0 aliphatic heterocycles. The molecule has 2 aromatic carbocycles. The van der Waals surface area contributed by atoms with Gasteiger partial charge in [0, 0.05) is 29.8 Å². The van der Waals surface area contributed by atoms with Crippen LogP contribution in [0.2, 0.25) is 0 Å². The molecule has 0 atom stereocenters. The fourth-order valence-electron chi connectivity index (χ4n) is 3.10. The van der Waals surface area contributed by atoms with Gasteiger partial charge in [-0.05, 0) is 42.5 Å². The van der Waals surface area contributed by atoms with Crippen molar-refractivity contribution in [3.8, 4) is 0 Å². The maximum Gasteiger partial charge on any atom is 0.257 e. The van der Waals surface area contributed by atoms with Gasteiger partial charge >= 0.3 is 0 Å². The zero-order valence-corrected chi connectivity index (χ0v) is 16.4. The molecule has 8 heteroatoms. The Bertz CT molecular complexity index is 1260. The lowest BCUT2D eigenvalue weighted by Crippen LogP contribution is -2.23. The second-order valence-electron chi connectivity index (χ2n) is 6.55. The first-order valence-corrected chi connectivity index (χ1v) is 10.4. The van der Waals surface area contributed by atoms with Gasteiger partial charge in [0.2, 0.25) is 10.0 Å². The summed E-state index contributed by atoms with van der Waals surface area (Å²) in [7, 11) is -1.80. The molecular weight excluding hydrogens is 390 g/mol. The Morgan fingerprint density at radius 3 is 2.52 bits per heavy atom. The summed E-state index contributed by atoms with van der Waals surface area (Å²) in [5.41, 5.74) is 2.02. The fourth-order valence-corrected chi connectivity index (χ4v) is 4.09. The van der Waals surface area contributed by atoms with Crippen molar-refractivity contribution in [3.05, 3.63) is 84.4 Å². The highest BCUT2D eigenvalue weighted by molar-refractivity contribution is 7.89. The first-order valence-electron chi connectivity index (χ1n) is 8.91. The van der Waals surface area contributed by atoms with E-state index in [1.54, 1.807) is 30.5 Å². The molecule has 4 rings (SSSR count). The van der Waals surface area contributed by atoms with Crippen LogP contribution in [0.25, 0.3) is 10.9 Å². The molecule has 0 saturated carbocycles. The highest BCUT2D eigenvalue weighted by atomic mass is 32.2. The van der Waals surface area contributed by atoms with Gasteiger partial charge in [-0.1, -0.05) is 18.2 Å². The molecule has 0 saturated heterocycles. The number of nitrogens with one attached hydrogen (secondary N) is 2. The smallest absolute Gasteiger partial charge is 0.257 e. The lowest BCUT2D eigenvalue weighted by molar-refractivity contribution is 0.102. The van der Waals surface area contributed by atoms with Crippen LogP contribution >= 0.6 is 0 Å². The van der Waals surface area contributed by atoms with Crippen molar-refractivity contribution in [2.75, 3.05) is 5.32 Å². The van der Waals surface area contributed by atoms with E-state index in [-0.39, 0.29) is 17.3 Å². The minimum atomic E-state index is -3.69. The summed E-state index contributed by atoms with van der Waals surface area (Å²) in [5.74, 6) is 0.265. The van der Waals surface area contributed by atoms with E-state index in [0.717, 1.165) is 10.9 Å². The molecule has 0 radical (unpaired) electrons. The Kier molecular flexibility index (Phi) is 4.96. The number of carbonyl (C=O) groups is 1. The number of rotatable bonds is 6. The third kappa shape index (κ3) is 3.94. The number of hydrogen-bond acceptors (Lipinski definition) is 4. The van der Waals surface area contributed by atoms with Gasteiger partial charge in [0.1, 0.15) is 5.76 Å².